The molecule has 0 aromatic heterocycles. The second kappa shape index (κ2) is 6.94. The van der Waals surface area contributed by atoms with E-state index in [1.54, 1.807) is 0 Å². The molecule has 1 aliphatic carbocycles. The first-order valence-electron chi connectivity index (χ1n) is 6.90. The molecule has 0 heterocycles. The molecule has 2 N–H and O–H groups in total. The van der Waals surface area contributed by atoms with Crippen molar-refractivity contribution >= 4 is 23.2 Å². The quantitative estimate of drug-likeness (QED) is 0.827. The van der Waals surface area contributed by atoms with Crippen LogP contribution in [0.5, 0.6) is 0 Å². The highest BCUT2D eigenvalue weighted by atomic mass is 35.5. The van der Waals surface area contributed by atoms with Crippen LogP contribution in [-0.4, -0.2) is 12.1 Å². The van der Waals surface area contributed by atoms with Crippen molar-refractivity contribution in [2.24, 2.45) is 5.73 Å². The van der Waals surface area contributed by atoms with E-state index in [1.807, 2.05) is 18.2 Å². The fourth-order valence-corrected chi connectivity index (χ4v) is 3.11. The van der Waals surface area contributed by atoms with Crippen molar-refractivity contribution in [3.63, 3.8) is 0 Å². The summed E-state index contributed by atoms with van der Waals surface area (Å²) in [6.07, 6.45) is 7.07. The molecular formula is C15H21Cl2NO. The summed E-state index contributed by atoms with van der Waals surface area (Å²) in [5, 5.41) is 1.30. The van der Waals surface area contributed by atoms with Gasteiger partial charge in [0.1, 0.15) is 0 Å². The van der Waals surface area contributed by atoms with Crippen LogP contribution in [0.15, 0.2) is 18.2 Å². The van der Waals surface area contributed by atoms with Crippen LogP contribution in [0.4, 0.5) is 0 Å². The van der Waals surface area contributed by atoms with Gasteiger partial charge in [0.15, 0.2) is 0 Å². The van der Waals surface area contributed by atoms with Gasteiger partial charge in [0, 0.05) is 21.1 Å². The number of hydrogen-bond acceptors (Lipinski definition) is 2. The monoisotopic (exact) mass is 301 g/mol. The molecule has 1 aromatic carbocycles. The van der Waals surface area contributed by atoms with Gasteiger partial charge in [-0.3, -0.25) is 0 Å². The fraction of sp³-hybridized carbons (Fsp3) is 0.600. The molecule has 0 atom stereocenters. The van der Waals surface area contributed by atoms with E-state index in [2.05, 4.69) is 0 Å². The summed E-state index contributed by atoms with van der Waals surface area (Å²) in [5.41, 5.74) is 7.08. The number of benzene rings is 1. The predicted molar refractivity (Wildman–Crippen MR) is 80.7 cm³/mol. The molecule has 2 nitrogen and oxygen atoms in total. The summed E-state index contributed by atoms with van der Waals surface area (Å²) in [6.45, 7) is 1.01. The van der Waals surface area contributed by atoms with Gasteiger partial charge in [0.2, 0.25) is 0 Å². The molecule has 0 spiro atoms. The van der Waals surface area contributed by atoms with Gasteiger partial charge in [-0.25, -0.2) is 0 Å². The van der Waals surface area contributed by atoms with Crippen molar-refractivity contribution in [2.45, 2.75) is 50.7 Å². The number of hydrogen-bond donors (Lipinski definition) is 1. The average molecular weight is 302 g/mol. The Kier molecular flexibility index (Phi) is 5.52. The van der Waals surface area contributed by atoms with Crippen LogP contribution in [0, 0.1) is 0 Å². The third-order valence-corrected chi connectivity index (χ3v) is 4.51. The van der Waals surface area contributed by atoms with Crippen LogP contribution in [0.2, 0.25) is 10.0 Å². The molecule has 1 saturated carbocycles. The molecule has 1 aliphatic rings. The zero-order chi connectivity index (χ0) is 13.7. The molecule has 0 radical (unpaired) electrons. The molecule has 106 valence electrons. The molecule has 1 fully saturated rings. The Morgan fingerprint density at radius 1 is 1.05 bits per heavy atom. The number of nitrogens with two attached hydrogens (primary N) is 1. The third-order valence-electron chi connectivity index (χ3n) is 3.80. The van der Waals surface area contributed by atoms with Crippen molar-refractivity contribution in [1.82, 2.24) is 0 Å². The molecular weight excluding hydrogens is 281 g/mol. The minimum atomic E-state index is -0.176. The maximum atomic E-state index is 6.41. The summed E-state index contributed by atoms with van der Waals surface area (Å²) >= 11 is 12.2. The standard InChI is InChI=1S/C15H21Cl2NO/c16-13-6-5-7-14(17)12(13)10-19-11-15(18)8-3-1-2-4-9-15/h5-7H,1-4,8-11,18H2. The van der Waals surface area contributed by atoms with Crippen molar-refractivity contribution in [1.29, 1.82) is 0 Å². The van der Waals surface area contributed by atoms with Crippen molar-refractivity contribution < 1.29 is 4.74 Å². The highest BCUT2D eigenvalue weighted by Crippen LogP contribution is 2.28. The molecule has 0 aliphatic heterocycles. The van der Waals surface area contributed by atoms with Crippen LogP contribution in [0.3, 0.4) is 0 Å². The van der Waals surface area contributed by atoms with E-state index in [0.29, 0.717) is 23.3 Å². The maximum Gasteiger partial charge on any atom is 0.0746 e. The Bertz CT molecular complexity index is 394. The zero-order valence-electron chi connectivity index (χ0n) is 11.1. The fourth-order valence-electron chi connectivity index (χ4n) is 2.60. The number of rotatable bonds is 4. The van der Waals surface area contributed by atoms with E-state index in [4.69, 9.17) is 33.7 Å². The normalized spacial score (nSPS) is 19.1. The summed E-state index contributed by atoms with van der Waals surface area (Å²) in [5.74, 6) is 0. The van der Waals surface area contributed by atoms with Crippen molar-refractivity contribution in [2.75, 3.05) is 6.61 Å². The number of ether oxygens (including phenoxy) is 1. The van der Waals surface area contributed by atoms with Crippen LogP contribution >= 0.6 is 23.2 Å². The molecule has 0 amide bonds. The molecule has 0 saturated heterocycles. The summed E-state index contributed by atoms with van der Waals surface area (Å²) in [4.78, 5) is 0. The lowest BCUT2D eigenvalue weighted by Crippen LogP contribution is -2.43. The molecule has 1 aromatic rings. The predicted octanol–water partition coefficient (Wildman–Crippen LogP) is 4.56. The smallest absolute Gasteiger partial charge is 0.0746 e. The SMILES string of the molecule is NC1(COCc2c(Cl)cccc2Cl)CCCCCC1. The van der Waals surface area contributed by atoms with Gasteiger partial charge in [-0.15, -0.1) is 0 Å². The van der Waals surface area contributed by atoms with Crippen LogP contribution < -0.4 is 5.73 Å². The van der Waals surface area contributed by atoms with E-state index in [9.17, 15) is 0 Å². The van der Waals surface area contributed by atoms with Gasteiger partial charge in [-0.1, -0.05) is 55.0 Å². The Balaban J connectivity index is 1.89. The second-order valence-electron chi connectivity index (χ2n) is 5.47. The lowest BCUT2D eigenvalue weighted by Gasteiger charge is -2.27. The van der Waals surface area contributed by atoms with Gasteiger partial charge in [-0.2, -0.15) is 0 Å². The molecule has 0 bridgehead atoms. The Labute approximate surface area is 125 Å². The first-order chi connectivity index (χ1) is 9.11. The first kappa shape index (κ1) is 15.1. The van der Waals surface area contributed by atoms with E-state index < -0.39 is 0 Å². The average Bonchev–Trinajstić information content (AvgIpc) is 2.58. The van der Waals surface area contributed by atoms with E-state index in [1.165, 1.54) is 25.7 Å². The largest absolute Gasteiger partial charge is 0.375 e. The summed E-state index contributed by atoms with van der Waals surface area (Å²) in [7, 11) is 0. The van der Waals surface area contributed by atoms with Crippen LogP contribution in [0.1, 0.15) is 44.1 Å². The van der Waals surface area contributed by atoms with Crippen molar-refractivity contribution in [3.05, 3.63) is 33.8 Å². The zero-order valence-corrected chi connectivity index (χ0v) is 12.6. The van der Waals surface area contributed by atoms with Crippen LogP contribution in [-0.2, 0) is 11.3 Å². The van der Waals surface area contributed by atoms with Gasteiger partial charge in [0.25, 0.3) is 0 Å². The van der Waals surface area contributed by atoms with E-state index in [-0.39, 0.29) is 5.54 Å². The highest BCUT2D eigenvalue weighted by molar-refractivity contribution is 6.35. The van der Waals surface area contributed by atoms with E-state index >= 15 is 0 Å². The van der Waals surface area contributed by atoms with Crippen LogP contribution in [0.25, 0.3) is 0 Å². The highest BCUT2D eigenvalue weighted by Gasteiger charge is 2.26. The van der Waals surface area contributed by atoms with Gasteiger partial charge in [-0.05, 0) is 25.0 Å². The molecule has 4 heteroatoms. The molecule has 0 unspecified atom stereocenters. The molecule has 2 rings (SSSR count). The van der Waals surface area contributed by atoms with Gasteiger partial charge >= 0.3 is 0 Å². The maximum absolute atomic E-state index is 6.41. The van der Waals surface area contributed by atoms with Gasteiger partial charge < -0.3 is 10.5 Å². The first-order valence-corrected chi connectivity index (χ1v) is 7.66. The minimum absolute atomic E-state index is 0.176. The summed E-state index contributed by atoms with van der Waals surface area (Å²) in [6, 6.07) is 5.50. The van der Waals surface area contributed by atoms with E-state index in [0.717, 1.165) is 18.4 Å². The lowest BCUT2D eigenvalue weighted by molar-refractivity contribution is 0.0668. The Morgan fingerprint density at radius 2 is 1.63 bits per heavy atom. The second-order valence-corrected chi connectivity index (χ2v) is 6.28. The van der Waals surface area contributed by atoms with Gasteiger partial charge in [0.05, 0.1) is 13.2 Å². The minimum Gasteiger partial charge on any atom is -0.375 e. The topological polar surface area (TPSA) is 35.2 Å². The Morgan fingerprint density at radius 3 is 2.21 bits per heavy atom. The summed E-state index contributed by atoms with van der Waals surface area (Å²) < 4.78 is 5.79. The Hall–Kier alpha value is -0.280. The lowest BCUT2D eigenvalue weighted by atomic mass is 9.92. The third kappa shape index (κ3) is 4.35. The van der Waals surface area contributed by atoms with Crippen molar-refractivity contribution in [3.8, 4) is 0 Å². The molecule has 19 heavy (non-hydrogen) atoms. The number of halogens is 2.